The topological polar surface area (TPSA) is 29.1 Å². The second-order valence-corrected chi connectivity index (χ2v) is 6.73. The van der Waals surface area contributed by atoms with Crippen LogP contribution in [0, 0.1) is 0 Å². The Bertz CT molecular complexity index is 448. The average Bonchev–Trinajstić information content (AvgIpc) is 3.10. The number of hydrogen-bond acceptors (Lipinski definition) is 2. The fraction of sp³-hybridized carbons (Fsp3) is 0.417. The van der Waals surface area contributed by atoms with Gasteiger partial charge >= 0.3 is 0 Å². The number of halogens is 2. The molecule has 1 aromatic carbocycles. The van der Waals surface area contributed by atoms with E-state index in [1.54, 1.807) is 18.2 Å². The Morgan fingerprint density at radius 1 is 1.59 bits per heavy atom. The molecule has 0 unspecified atom stereocenters. The van der Waals surface area contributed by atoms with Gasteiger partial charge in [0.25, 0.3) is 5.91 Å². The molecule has 0 aromatic heterocycles. The molecule has 2 rings (SSSR count). The molecule has 1 amide bonds. The summed E-state index contributed by atoms with van der Waals surface area (Å²) in [6.45, 7) is 0.737. The minimum absolute atomic E-state index is 0.0558. The number of nitrogens with one attached hydrogen (secondary N) is 1. The first kappa shape index (κ1) is 13.2. The van der Waals surface area contributed by atoms with Crippen molar-refractivity contribution < 1.29 is 4.79 Å². The number of hydrogen-bond donors (Lipinski definition) is 1. The molecule has 17 heavy (non-hydrogen) atoms. The first-order valence-electron chi connectivity index (χ1n) is 5.35. The van der Waals surface area contributed by atoms with Crippen LogP contribution < -0.4 is 5.32 Å². The Morgan fingerprint density at radius 3 is 2.82 bits per heavy atom. The summed E-state index contributed by atoms with van der Waals surface area (Å²) >= 11 is 11.1. The van der Waals surface area contributed by atoms with E-state index in [0.717, 1.165) is 11.0 Å². The lowest BCUT2D eigenvalue weighted by atomic mass is 10.2. The van der Waals surface area contributed by atoms with Crippen LogP contribution in [0.15, 0.2) is 22.7 Å². The third-order valence-corrected chi connectivity index (χ3v) is 5.64. The van der Waals surface area contributed by atoms with Crippen LogP contribution in [0.3, 0.4) is 0 Å². The highest BCUT2D eigenvalue weighted by molar-refractivity contribution is 9.10. The van der Waals surface area contributed by atoms with Gasteiger partial charge in [0.15, 0.2) is 0 Å². The number of thioether (sulfide) groups is 1. The van der Waals surface area contributed by atoms with E-state index in [9.17, 15) is 4.79 Å². The number of amides is 1. The minimum Gasteiger partial charge on any atom is -0.351 e. The number of rotatable bonds is 4. The summed E-state index contributed by atoms with van der Waals surface area (Å²) in [7, 11) is 0. The lowest BCUT2D eigenvalue weighted by molar-refractivity contribution is 0.0953. The van der Waals surface area contributed by atoms with Crippen LogP contribution in [0.2, 0.25) is 5.02 Å². The van der Waals surface area contributed by atoms with Crippen molar-refractivity contribution in [1.29, 1.82) is 0 Å². The maximum Gasteiger partial charge on any atom is 0.251 e. The maximum atomic E-state index is 11.9. The highest BCUT2D eigenvalue weighted by Gasteiger charge is 2.41. The largest absolute Gasteiger partial charge is 0.351 e. The van der Waals surface area contributed by atoms with Gasteiger partial charge < -0.3 is 5.32 Å². The molecule has 1 aliphatic rings. The van der Waals surface area contributed by atoms with E-state index in [4.69, 9.17) is 11.6 Å². The highest BCUT2D eigenvalue weighted by atomic mass is 79.9. The average molecular weight is 335 g/mol. The lowest BCUT2D eigenvalue weighted by Crippen LogP contribution is -2.31. The molecule has 92 valence electrons. The first-order chi connectivity index (χ1) is 8.06. The summed E-state index contributed by atoms with van der Waals surface area (Å²) in [6, 6.07) is 5.24. The van der Waals surface area contributed by atoms with Gasteiger partial charge in [-0.1, -0.05) is 11.6 Å². The lowest BCUT2D eigenvalue weighted by Gasteiger charge is -2.13. The second kappa shape index (κ2) is 5.21. The van der Waals surface area contributed by atoms with Crippen LogP contribution in [0.25, 0.3) is 0 Å². The quantitative estimate of drug-likeness (QED) is 0.909. The molecule has 0 saturated heterocycles. The summed E-state index contributed by atoms with van der Waals surface area (Å²) in [5.41, 5.74) is 0.607. The van der Waals surface area contributed by atoms with Gasteiger partial charge in [-0.25, -0.2) is 0 Å². The van der Waals surface area contributed by atoms with Gasteiger partial charge in [0.1, 0.15) is 0 Å². The van der Waals surface area contributed by atoms with Crippen molar-refractivity contribution >= 4 is 45.2 Å². The maximum absolute atomic E-state index is 11.9. The molecule has 0 heterocycles. The van der Waals surface area contributed by atoms with E-state index >= 15 is 0 Å². The molecule has 1 N–H and O–H groups in total. The second-order valence-electron chi connectivity index (χ2n) is 4.20. The van der Waals surface area contributed by atoms with Crippen molar-refractivity contribution in [3.8, 4) is 0 Å². The zero-order valence-electron chi connectivity index (χ0n) is 9.43. The van der Waals surface area contributed by atoms with Gasteiger partial charge in [0, 0.05) is 21.3 Å². The zero-order chi connectivity index (χ0) is 12.5. The molecule has 2 nitrogen and oxygen atoms in total. The standard InChI is InChI=1S/C12H13BrClNOS/c1-17-12(4-5-12)7-15-11(16)8-2-3-9(13)10(14)6-8/h2-3,6H,4-5,7H2,1H3,(H,15,16). The number of carbonyl (C=O) groups is 1. The molecule has 0 spiro atoms. The van der Waals surface area contributed by atoms with Crippen LogP contribution in [0.1, 0.15) is 23.2 Å². The fourth-order valence-corrected chi connectivity index (χ4v) is 2.73. The molecule has 1 saturated carbocycles. The summed E-state index contributed by atoms with van der Waals surface area (Å²) < 4.78 is 1.09. The Morgan fingerprint density at radius 2 is 2.29 bits per heavy atom. The molecule has 1 aliphatic carbocycles. The molecular formula is C12H13BrClNOS. The van der Waals surface area contributed by atoms with Crippen molar-refractivity contribution in [2.45, 2.75) is 17.6 Å². The normalized spacial score (nSPS) is 16.6. The summed E-state index contributed by atoms with van der Waals surface area (Å²) in [6.07, 6.45) is 4.47. The van der Waals surface area contributed by atoms with E-state index in [-0.39, 0.29) is 10.7 Å². The van der Waals surface area contributed by atoms with E-state index in [0.29, 0.717) is 10.6 Å². The number of carbonyl (C=O) groups excluding carboxylic acids is 1. The molecule has 0 atom stereocenters. The van der Waals surface area contributed by atoms with E-state index < -0.39 is 0 Å². The zero-order valence-corrected chi connectivity index (χ0v) is 12.6. The van der Waals surface area contributed by atoms with Gasteiger partial charge in [-0.3, -0.25) is 4.79 Å². The first-order valence-corrected chi connectivity index (χ1v) is 7.74. The van der Waals surface area contributed by atoms with Gasteiger partial charge in [-0.05, 0) is 53.2 Å². The SMILES string of the molecule is CSC1(CNC(=O)c2ccc(Br)c(Cl)c2)CC1. The molecule has 0 aliphatic heterocycles. The predicted molar refractivity (Wildman–Crippen MR) is 77.0 cm³/mol. The van der Waals surface area contributed by atoms with Gasteiger partial charge in [0.2, 0.25) is 0 Å². The van der Waals surface area contributed by atoms with Crippen LogP contribution >= 0.6 is 39.3 Å². The van der Waals surface area contributed by atoms with E-state index in [1.165, 1.54) is 12.8 Å². The van der Waals surface area contributed by atoms with Crippen molar-refractivity contribution in [2.24, 2.45) is 0 Å². The summed E-state index contributed by atoms with van der Waals surface area (Å²) in [5.74, 6) is -0.0558. The number of benzene rings is 1. The van der Waals surface area contributed by atoms with Crippen LogP contribution in [0.5, 0.6) is 0 Å². The van der Waals surface area contributed by atoms with Crippen LogP contribution in [-0.4, -0.2) is 23.5 Å². The Balaban J connectivity index is 1.97. The van der Waals surface area contributed by atoms with E-state index in [2.05, 4.69) is 27.5 Å². The molecule has 1 aromatic rings. The van der Waals surface area contributed by atoms with E-state index in [1.807, 2.05) is 11.8 Å². The van der Waals surface area contributed by atoms with Crippen molar-refractivity contribution in [2.75, 3.05) is 12.8 Å². The smallest absolute Gasteiger partial charge is 0.251 e. The molecule has 1 fully saturated rings. The van der Waals surface area contributed by atoms with Crippen LogP contribution in [-0.2, 0) is 0 Å². The van der Waals surface area contributed by atoms with Crippen molar-refractivity contribution in [3.05, 3.63) is 33.3 Å². The van der Waals surface area contributed by atoms with Gasteiger partial charge in [-0.15, -0.1) is 0 Å². The molecular weight excluding hydrogens is 322 g/mol. The third-order valence-electron chi connectivity index (χ3n) is 2.99. The summed E-state index contributed by atoms with van der Waals surface area (Å²) in [5, 5.41) is 3.52. The van der Waals surface area contributed by atoms with Crippen molar-refractivity contribution in [3.63, 3.8) is 0 Å². The summed E-state index contributed by atoms with van der Waals surface area (Å²) in [4.78, 5) is 11.9. The van der Waals surface area contributed by atoms with Crippen molar-refractivity contribution in [1.82, 2.24) is 5.32 Å². The van der Waals surface area contributed by atoms with Crippen LogP contribution in [0.4, 0.5) is 0 Å². The Hall–Kier alpha value is -0.190. The third kappa shape index (κ3) is 3.18. The van der Waals surface area contributed by atoms with Gasteiger partial charge in [-0.2, -0.15) is 11.8 Å². The fourth-order valence-electron chi connectivity index (χ4n) is 1.57. The van der Waals surface area contributed by atoms with Gasteiger partial charge in [0.05, 0.1) is 5.02 Å². The molecule has 0 bridgehead atoms. The highest BCUT2D eigenvalue weighted by Crippen LogP contribution is 2.46. The Kier molecular flexibility index (Phi) is 4.06. The molecule has 0 radical (unpaired) electrons. The minimum atomic E-state index is -0.0558. The monoisotopic (exact) mass is 333 g/mol. The Labute approximate surface area is 119 Å². The predicted octanol–water partition coefficient (Wildman–Crippen LogP) is 3.73. The molecule has 5 heteroatoms.